The Morgan fingerprint density at radius 1 is 0.688 bits per heavy atom. The second kappa shape index (κ2) is 8.80. The van der Waals surface area contributed by atoms with Crippen molar-refractivity contribution in [2.45, 2.75) is 80.3 Å². The molecule has 0 radical (unpaired) electrons. The largest absolute Gasteiger partial charge is 0.278 e. The normalized spacial score (nSPS) is 26.4. The number of rotatable bonds is 8. The maximum atomic E-state index is 12.9. The third-order valence-corrected chi connectivity index (χ3v) is 6.63. The highest BCUT2D eigenvalue weighted by Crippen LogP contribution is 2.40. The highest BCUT2D eigenvalue weighted by Gasteiger charge is 2.49. The van der Waals surface area contributed by atoms with Crippen molar-refractivity contribution in [2.24, 2.45) is 22.7 Å². The van der Waals surface area contributed by atoms with E-state index in [0.717, 1.165) is 11.1 Å². The second-order valence-corrected chi connectivity index (χ2v) is 11.1. The standard InChI is InChI=1S/C26H36N2O4/c1-17(2)11-25(5)13-21(29)27(23(25)31)15-19-7-9-20(10-8-19)16-28-22(30)14-26(6,24(28)32)12-18(3)4/h7-10,17-18H,11-16H2,1-6H3. The third-order valence-electron chi connectivity index (χ3n) is 6.63. The number of carbonyl (C=O) groups excluding carboxylic acids is 4. The van der Waals surface area contributed by atoms with Gasteiger partial charge in [0.25, 0.3) is 0 Å². The van der Waals surface area contributed by atoms with Crippen LogP contribution in [0.25, 0.3) is 0 Å². The van der Waals surface area contributed by atoms with Gasteiger partial charge in [-0.3, -0.25) is 29.0 Å². The molecule has 2 unspecified atom stereocenters. The van der Waals surface area contributed by atoms with Crippen molar-refractivity contribution < 1.29 is 19.2 Å². The van der Waals surface area contributed by atoms with E-state index in [0.29, 0.717) is 24.7 Å². The van der Waals surface area contributed by atoms with Gasteiger partial charge in [0.1, 0.15) is 0 Å². The second-order valence-electron chi connectivity index (χ2n) is 11.1. The zero-order valence-corrected chi connectivity index (χ0v) is 20.2. The lowest BCUT2D eigenvalue weighted by Crippen LogP contribution is -2.35. The third kappa shape index (κ3) is 4.79. The number of carbonyl (C=O) groups is 4. The highest BCUT2D eigenvalue weighted by molar-refractivity contribution is 6.06. The number of likely N-dealkylation sites (tertiary alicyclic amines) is 2. The maximum Gasteiger partial charge on any atom is 0.235 e. The van der Waals surface area contributed by atoms with E-state index >= 15 is 0 Å². The average Bonchev–Trinajstić information content (AvgIpc) is 3.00. The molecule has 2 heterocycles. The number of imide groups is 2. The van der Waals surface area contributed by atoms with Crippen LogP contribution in [0.1, 0.15) is 78.4 Å². The summed E-state index contributed by atoms with van der Waals surface area (Å²) in [7, 11) is 0. The molecule has 2 aliphatic heterocycles. The van der Waals surface area contributed by atoms with Gasteiger partial charge in [-0.15, -0.1) is 0 Å². The Kier molecular flexibility index (Phi) is 6.64. The molecule has 0 aromatic heterocycles. The van der Waals surface area contributed by atoms with Gasteiger partial charge in [0.2, 0.25) is 23.6 Å². The number of benzene rings is 1. The first-order chi connectivity index (χ1) is 14.8. The van der Waals surface area contributed by atoms with Crippen molar-refractivity contribution in [2.75, 3.05) is 0 Å². The number of amides is 4. The fraction of sp³-hybridized carbons (Fsp3) is 0.615. The van der Waals surface area contributed by atoms with Crippen LogP contribution in [0.3, 0.4) is 0 Å². The molecule has 4 amide bonds. The highest BCUT2D eigenvalue weighted by atomic mass is 16.2. The molecular weight excluding hydrogens is 404 g/mol. The summed E-state index contributed by atoms with van der Waals surface area (Å²) in [6, 6.07) is 7.47. The molecule has 2 aliphatic rings. The van der Waals surface area contributed by atoms with E-state index in [9.17, 15) is 19.2 Å². The Hall–Kier alpha value is -2.50. The predicted molar refractivity (Wildman–Crippen MR) is 122 cm³/mol. The smallest absolute Gasteiger partial charge is 0.235 e. The van der Waals surface area contributed by atoms with Gasteiger partial charge in [0.05, 0.1) is 23.9 Å². The maximum absolute atomic E-state index is 12.9. The molecule has 0 saturated carbocycles. The Balaban J connectivity index is 1.66. The lowest BCUT2D eigenvalue weighted by Gasteiger charge is -2.24. The van der Waals surface area contributed by atoms with Crippen molar-refractivity contribution in [3.8, 4) is 0 Å². The molecule has 2 saturated heterocycles. The first kappa shape index (κ1) is 24.1. The Morgan fingerprint density at radius 3 is 1.28 bits per heavy atom. The topological polar surface area (TPSA) is 74.8 Å². The minimum absolute atomic E-state index is 0.0991. The number of hydrogen-bond donors (Lipinski definition) is 0. The van der Waals surface area contributed by atoms with Crippen molar-refractivity contribution in [3.63, 3.8) is 0 Å². The van der Waals surface area contributed by atoms with Crippen molar-refractivity contribution in [3.05, 3.63) is 35.4 Å². The lowest BCUT2D eigenvalue weighted by atomic mass is 9.80. The predicted octanol–water partition coefficient (Wildman–Crippen LogP) is 4.31. The van der Waals surface area contributed by atoms with E-state index in [2.05, 4.69) is 27.7 Å². The summed E-state index contributed by atoms with van der Waals surface area (Å²) < 4.78 is 0. The van der Waals surface area contributed by atoms with Crippen LogP contribution < -0.4 is 0 Å². The first-order valence-electron chi connectivity index (χ1n) is 11.6. The van der Waals surface area contributed by atoms with E-state index in [1.54, 1.807) is 0 Å². The molecule has 32 heavy (non-hydrogen) atoms. The summed E-state index contributed by atoms with van der Waals surface area (Å²) in [5.74, 6) is 0.236. The van der Waals surface area contributed by atoms with Gasteiger partial charge in [-0.1, -0.05) is 65.8 Å². The van der Waals surface area contributed by atoms with E-state index in [1.165, 1.54) is 9.80 Å². The van der Waals surface area contributed by atoms with Gasteiger partial charge in [-0.25, -0.2) is 0 Å². The molecule has 1 aromatic rings. The van der Waals surface area contributed by atoms with Gasteiger partial charge < -0.3 is 0 Å². The summed E-state index contributed by atoms with van der Waals surface area (Å²) in [5.41, 5.74) is 0.468. The fourth-order valence-electron chi connectivity index (χ4n) is 5.44. The lowest BCUT2D eigenvalue weighted by molar-refractivity contribution is -0.143. The minimum atomic E-state index is -0.621. The van der Waals surface area contributed by atoms with Gasteiger partial charge in [-0.05, 0) is 35.8 Å². The molecule has 1 aromatic carbocycles. The molecule has 0 N–H and O–H groups in total. The molecule has 174 valence electrons. The van der Waals surface area contributed by atoms with Crippen LogP contribution in [-0.2, 0) is 32.3 Å². The average molecular weight is 441 g/mol. The fourth-order valence-corrected chi connectivity index (χ4v) is 5.44. The van der Waals surface area contributed by atoms with E-state index in [1.807, 2.05) is 38.1 Å². The molecule has 0 spiro atoms. The Labute approximate surface area is 191 Å². The Bertz CT molecular complexity index is 845. The van der Waals surface area contributed by atoms with Crippen molar-refractivity contribution in [1.82, 2.24) is 9.80 Å². The van der Waals surface area contributed by atoms with Crippen LogP contribution in [0.4, 0.5) is 0 Å². The molecule has 2 atom stereocenters. The zero-order valence-electron chi connectivity index (χ0n) is 20.2. The molecule has 6 heteroatoms. The summed E-state index contributed by atoms with van der Waals surface area (Å²) in [6.45, 7) is 12.5. The summed E-state index contributed by atoms with van der Waals surface area (Å²) in [6.07, 6.45) is 1.91. The molecular formula is C26H36N2O4. The first-order valence-corrected chi connectivity index (χ1v) is 11.6. The van der Waals surface area contributed by atoms with Crippen LogP contribution >= 0.6 is 0 Å². The summed E-state index contributed by atoms with van der Waals surface area (Å²) in [4.78, 5) is 53.6. The van der Waals surface area contributed by atoms with Crippen LogP contribution in [0.2, 0.25) is 0 Å². The summed E-state index contributed by atoms with van der Waals surface area (Å²) >= 11 is 0. The van der Waals surface area contributed by atoms with Gasteiger partial charge in [0, 0.05) is 12.8 Å². The molecule has 0 aliphatic carbocycles. The molecule has 0 bridgehead atoms. The van der Waals surface area contributed by atoms with E-state index in [4.69, 9.17) is 0 Å². The summed E-state index contributed by atoms with van der Waals surface area (Å²) in [5, 5.41) is 0. The zero-order chi connectivity index (χ0) is 23.8. The molecule has 6 nitrogen and oxygen atoms in total. The van der Waals surface area contributed by atoms with Crippen molar-refractivity contribution >= 4 is 23.6 Å². The molecule has 2 fully saturated rings. The monoisotopic (exact) mass is 440 g/mol. The minimum Gasteiger partial charge on any atom is -0.278 e. The van der Waals surface area contributed by atoms with Gasteiger partial charge >= 0.3 is 0 Å². The quantitative estimate of drug-likeness (QED) is 0.565. The van der Waals surface area contributed by atoms with E-state index < -0.39 is 10.8 Å². The van der Waals surface area contributed by atoms with Gasteiger partial charge in [-0.2, -0.15) is 0 Å². The number of nitrogens with zero attached hydrogens (tertiary/aromatic N) is 2. The van der Waals surface area contributed by atoms with E-state index in [-0.39, 0.29) is 49.6 Å². The SMILES string of the molecule is CC(C)CC1(C)CC(=O)N(Cc2ccc(CN3C(=O)CC(C)(CC(C)C)C3=O)cc2)C1=O. The van der Waals surface area contributed by atoms with Crippen LogP contribution in [0, 0.1) is 22.7 Å². The number of hydrogen-bond acceptors (Lipinski definition) is 4. The van der Waals surface area contributed by atoms with Crippen LogP contribution in [-0.4, -0.2) is 33.4 Å². The van der Waals surface area contributed by atoms with Crippen molar-refractivity contribution in [1.29, 1.82) is 0 Å². The van der Waals surface area contributed by atoms with Crippen LogP contribution in [0.5, 0.6) is 0 Å². The Morgan fingerprint density at radius 2 is 1.00 bits per heavy atom. The molecule has 3 rings (SSSR count). The van der Waals surface area contributed by atoms with Gasteiger partial charge in [0.15, 0.2) is 0 Å². The van der Waals surface area contributed by atoms with Crippen LogP contribution in [0.15, 0.2) is 24.3 Å².